The average molecular weight is 196 g/mol. The molecule has 2 heteroatoms. The molecule has 2 aliphatic heterocycles. The highest BCUT2D eigenvalue weighted by atomic mass is 15.2. The van der Waals surface area contributed by atoms with Crippen LogP contribution in [0.15, 0.2) is 0 Å². The van der Waals surface area contributed by atoms with Crippen molar-refractivity contribution in [2.45, 2.75) is 32.7 Å². The quantitative estimate of drug-likeness (QED) is 0.675. The van der Waals surface area contributed by atoms with Gasteiger partial charge in [-0.15, -0.1) is 0 Å². The average Bonchev–Trinajstić information content (AvgIpc) is 2.04. The first-order chi connectivity index (χ1) is 6.65. The molecule has 2 rings (SSSR count). The van der Waals surface area contributed by atoms with E-state index in [4.69, 9.17) is 0 Å². The normalized spacial score (nSPS) is 28.5. The van der Waals surface area contributed by atoms with E-state index in [-0.39, 0.29) is 0 Å². The summed E-state index contributed by atoms with van der Waals surface area (Å²) in [6.45, 7) is 10.1. The first-order valence-electron chi connectivity index (χ1n) is 6.07. The van der Waals surface area contributed by atoms with E-state index in [1.165, 1.54) is 39.0 Å². The molecule has 2 nitrogen and oxygen atoms in total. The van der Waals surface area contributed by atoms with Crippen molar-refractivity contribution < 1.29 is 0 Å². The Kier molecular flexibility index (Phi) is 3.13. The molecule has 2 heterocycles. The summed E-state index contributed by atoms with van der Waals surface area (Å²) in [6, 6.07) is 0.831. The SMILES string of the molecule is CC1CN(C(C)CCC2CN(C)C2)C1. The number of hydrogen-bond donors (Lipinski definition) is 0. The van der Waals surface area contributed by atoms with Gasteiger partial charge in [-0.2, -0.15) is 0 Å². The van der Waals surface area contributed by atoms with Crippen LogP contribution >= 0.6 is 0 Å². The topological polar surface area (TPSA) is 6.48 Å². The molecule has 2 aliphatic rings. The summed E-state index contributed by atoms with van der Waals surface area (Å²) < 4.78 is 0. The summed E-state index contributed by atoms with van der Waals surface area (Å²) in [5, 5.41) is 0. The lowest BCUT2D eigenvalue weighted by Crippen LogP contribution is -2.50. The zero-order chi connectivity index (χ0) is 10.1. The summed E-state index contributed by atoms with van der Waals surface area (Å²) in [4.78, 5) is 5.05. The van der Waals surface area contributed by atoms with Crippen molar-refractivity contribution in [1.82, 2.24) is 9.80 Å². The van der Waals surface area contributed by atoms with Crippen LogP contribution in [0.2, 0.25) is 0 Å². The van der Waals surface area contributed by atoms with Crippen LogP contribution in [0.3, 0.4) is 0 Å². The van der Waals surface area contributed by atoms with E-state index < -0.39 is 0 Å². The molecule has 0 aliphatic carbocycles. The van der Waals surface area contributed by atoms with Crippen LogP contribution in [0.4, 0.5) is 0 Å². The molecule has 2 saturated heterocycles. The van der Waals surface area contributed by atoms with Crippen LogP contribution in [-0.2, 0) is 0 Å². The van der Waals surface area contributed by atoms with E-state index in [1.54, 1.807) is 0 Å². The molecule has 0 aromatic heterocycles. The van der Waals surface area contributed by atoms with Gasteiger partial charge >= 0.3 is 0 Å². The molecule has 0 radical (unpaired) electrons. The zero-order valence-corrected chi connectivity index (χ0v) is 9.87. The number of likely N-dealkylation sites (tertiary alicyclic amines) is 2. The molecule has 1 unspecified atom stereocenters. The number of hydrogen-bond acceptors (Lipinski definition) is 2. The van der Waals surface area contributed by atoms with Gasteiger partial charge in [-0.3, -0.25) is 0 Å². The first-order valence-corrected chi connectivity index (χ1v) is 6.07. The fraction of sp³-hybridized carbons (Fsp3) is 1.00. The summed E-state index contributed by atoms with van der Waals surface area (Å²) in [5.41, 5.74) is 0. The maximum atomic E-state index is 2.63. The largest absolute Gasteiger partial charge is 0.306 e. The Morgan fingerprint density at radius 1 is 1.21 bits per heavy atom. The fourth-order valence-corrected chi connectivity index (χ4v) is 2.78. The summed E-state index contributed by atoms with van der Waals surface area (Å²) in [7, 11) is 2.22. The Morgan fingerprint density at radius 3 is 2.36 bits per heavy atom. The Labute approximate surface area is 88.3 Å². The fourth-order valence-electron chi connectivity index (χ4n) is 2.78. The zero-order valence-electron chi connectivity index (χ0n) is 9.87. The highest BCUT2D eigenvalue weighted by Crippen LogP contribution is 2.24. The van der Waals surface area contributed by atoms with E-state index in [9.17, 15) is 0 Å². The summed E-state index contributed by atoms with van der Waals surface area (Å²) >= 11 is 0. The predicted octanol–water partition coefficient (Wildman–Crippen LogP) is 1.67. The van der Waals surface area contributed by atoms with Gasteiger partial charge in [0.15, 0.2) is 0 Å². The third kappa shape index (κ3) is 2.29. The van der Waals surface area contributed by atoms with Gasteiger partial charge in [0.1, 0.15) is 0 Å². The number of rotatable bonds is 4. The van der Waals surface area contributed by atoms with Gasteiger partial charge in [0.05, 0.1) is 0 Å². The maximum absolute atomic E-state index is 2.63. The molecular weight excluding hydrogens is 172 g/mol. The van der Waals surface area contributed by atoms with Gasteiger partial charge in [0.25, 0.3) is 0 Å². The van der Waals surface area contributed by atoms with Crippen LogP contribution in [-0.4, -0.2) is 49.1 Å². The molecule has 0 aromatic rings. The van der Waals surface area contributed by atoms with E-state index in [2.05, 4.69) is 30.7 Å². The van der Waals surface area contributed by atoms with E-state index >= 15 is 0 Å². The Morgan fingerprint density at radius 2 is 1.86 bits per heavy atom. The molecule has 0 spiro atoms. The van der Waals surface area contributed by atoms with Crippen molar-refractivity contribution in [2.24, 2.45) is 11.8 Å². The van der Waals surface area contributed by atoms with E-state index in [0.29, 0.717) is 0 Å². The van der Waals surface area contributed by atoms with Crippen LogP contribution in [0.25, 0.3) is 0 Å². The van der Waals surface area contributed by atoms with Gasteiger partial charge in [0.2, 0.25) is 0 Å². The van der Waals surface area contributed by atoms with Crippen molar-refractivity contribution in [3.05, 3.63) is 0 Å². The summed E-state index contributed by atoms with van der Waals surface area (Å²) in [5.74, 6) is 1.95. The standard InChI is InChI=1S/C12H24N2/c1-10-6-14(7-10)11(2)4-5-12-8-13(3)9-12/h10-12H,4-9H2,1-3H3. The van der Waals surface area contributed by atoms with Crippen LogP contribution in [0.1, 0.15) is 26.7 Å². The molecule has 82 valence electrons. The molecular formula is C12H24N2. The third-order valence-corrected chi connectivity index (χ3v) is 3.85. The smallest absolute Gasteiger partial charge is 0.00672 e. The van der Waals surface area contributed by atoms with Gasteiger partial charge in [-0.25, -0.2) is 0 Å². The molecule has 0 aromatic carbocycles. The minimum absolute atomic E-state index is 0.831. The Bertz CT molecular complexity index is 181. The second-order valence-corrected chi connectivity index (χ2v) is 5.57. The van der Waals surface area contributed by atoms with Gasteiger partial charge in [-0.1, -0.05) is 6.92 Å². The molecule has 14 heavy (non-hydrogen) atoms. The molecule has 2 fully saturated rings. The molecule has 0 amide bonds. The lowest BCUT2D eigenvalue weighted by atomic mass is 9.91. The highest BCUT2D eigenvalue weighted by molar-refractivity contribution is 4.83. The van der Waals surface area contributed by atoms with E-state index in [1.807, 2.05) is 0 Å². The maximum Gasteiger partial charge on any atom is 0.00672 e. The van der Waals surface area contributed by atoms with Gasteiger partial charge in [-0.05, 0) is 38.6 Å². The van der Waals surface area contributed by atoms with Crippen molar-refractivity contribution >= 4 is 0 Å². The van der Waals surface area contributed by atoms with Crippen LogP contribution in [0, 0.1) is 11.8 Å². The van der Waals surface area contributed by atoms with Gasteiger partial charge < -0.3 is 9.80 Å². The van der Waals surface area contributed by atoms with Crippen LogP contribution < -0.4 is 0 Å². The van der Waals surface area contributed by atoms with Crippen LogP contribution in [0.5, 0.6) is 0 Å². The third-order valence-electron chi connectivity index (χ3n) is 3.85. The van der Waals surface area contributed by atoms with E-state index in [0.717, 1.165) is 17.9 Å². The highest BCUT2D eigenvalue weighted by Gasteiger charge is 2.28. The molecule has 0 bridgehead atoms. The lowest BCUT2D eigenvalue weighted by Gasteiger charge is -2.43. The van der Waals surface area contributed by atoms with Gasteiger partial charge in [0, 0.05) is 32.2 Å². The lowest BCUT2D eigenvalue weighted by molar-refractivity contribution is 0.0536. The molecule has 0 N–H and O–H groups in total. The van der Waals surface area contributed by atoms with Crippen molar-refractivity contribution in [3.63, 3.8) is 0 Å². The van der Waals surface area contributed by atoms with Crippen molar-refractivity contribution in [2.75, 3.05) is 33.2 Å². The Hall–Kier alpha value is -0.0800. The molecule has 0 saturated carbocycles. The minimum atomic E-state index is 0.831. The summed E-state index contributed by atoms with van der Waals surface area (Å²) in [6.07, 6.45) is 2.85. The Balaban J connectivity index is 1.57. The second-order valence-electron chi connectivity index (χ2n) is 5.57. The monoisotopic (exact) mass is 196 g/mol. The second kappa shape index (κ2) is 4.19. The predicted molar refractivity (Wildman–Crippen MR) is 60.4 cm³/mol. The molecule has 1 atom stereocenters. The first kappa shape index (κ1) is 10.4. The number of nitrogens with zero attached hydrogens (tertiary/aromatic N) is 2. The van der Waals surface area contributed by atoms with Crippen molar-refractivity contribution in [1.29, 1.82) is 0 Å². The van der Waals surface area contributed by atoms with Crippen molar-refractivity contribution in [3.8, 4) is 0 Å². The minimum Gasteiger partial charge on any atom is -0.306 e.